The Balaban J connectivity index is 1.83. The van der Waals surface area contributed by atoms with Crippen molar-refractivity contribution in [2.45, 2.75) is 26.4 Å². The predicted octanol–water partition coefficient (Wildman–Crippen LogP) is 3.41. The van der Waals surface area contributed by atoms with Gasteiger partial charge in [-0.15, -0.1) is 0 Å². The second-order valence-corrected chi connectivity index (χ2v) is 7.16. The first kappa shape index (κ1) is 21.7. The van der Waals surface area contributed by atoms with Crippen LogP contribution in [0.25, 0.3) is 0 Å². The predicted molar refractivity (Wildman–Crippen MR) is 110 cm³/mol. The van der Waals surface area contributed by atoms with Crippen molar-refractivity contribution < 1.29 is 23.9 Å². The first-order valence-electron chi connectivity index (χ1n) is 8.98. The number of carbonyl (C=O) groups excluding carboxylic acids is 3. The highest BCUT2D eigenvalue weighted by Gasteiger charge is 2.16. The number of benzene rings is 2. The number of nitrogens with one attached hydrogen (secondary N) is 3. The second-order valence-electron chi connectivity index (χ2n) is 7.16. The number of ether oxygens (including phenoxy) is 2. The highest BCUT2D eigenvalue weighted by atomic mass is 16.6. The molecule has 0 atom stereocenters. The molecule has 8 heteroatoms. The Bertz CT molecular complexity index is 855. The summed E-state index contributed by atoms with van der Waals surface area (Å²) in [4.78, 5) is 35.7. The van der Waals surface area contributed by atoms with E-state index < -0.39 is 17.6 Å². The van der Waals surface area contributed by atoms with Crippen LogP contribution in [0.2, 0.25) is 0 Å². The summed E-state index contributed by atoms with van der Waals surface area (Å²) in [5, 5.41) is 7.81. The van der Waals surface area contributed by atoms with E-state index in [1.807, 2.05) is 0 Å². The van der Waals surface area contributed by atoms with Gasteiger partial charge in [0, 0.05) is 16.9 Å². The number of amides is 3. The number of rotatable bonds is 6. The molecule has 0 aliphatic rings. The third-order valence-corrected chi connectivity index (χ3v) is 3.57. The summed E-state index contributed by atoms with van der Waals surface area (Å²) in [7, 11) is 1.56. The third kappa shape index (κ3) is 7.53. The molecule has 0 saturated carbocycles. The first-order chi connectivity index (χ1) is 13.7. The lowest BCUT2D eigenvalue weighted by atomic mass is 10.2. The van der Waals surface area contributed by atoms with Gasteiger partial charge in [-0.2, -0.15) is 0 Å². The van der Waals surface area contributed by atoms with Gasteiger partial charge in [-0.05, 0) is 69.3 Å². The lowest BCUT2D eigenvalue weighted by Gasteiger charge is -2.19. The van der Waals surface area contributed by atoms with Crippen LogP contribution < -0.4 is 20.7 Å². The maximum Gasteiger partial charge on any atom is 0.408 e. The van der Waals surface area contributed by atoms with E-state index in [0.717, 1.165) is 0 Å². The Morgan fingerprint density at radius 2 is 1.41 bits per heavy atom. The average molecular weight is 399 g/mol. The van der Waals surface area contributed by atoms with Crippen molar-refractivity contribution in [1.29, 1.82) is 0 Å². The van der Waals surface area contributed by atoms with Crippen molar-refractivity contribution in [2.75, 3.05) is 24.3 Å². The Morgan fingerprint density at radius 1 is 0.862 bits per heavy atom. The third-order valence-electron chi connectivity index (χ3n) is 3.57. The van der Waals surface area contributed by atoms with Crippen LogP contribution in [0.3, 0.4) is 0 Å². The Morgan fingerprint density at radius 3 is 1.93 bits per heavy atom. The molecule has 0 radical (unpaired) electrons. The van der Waals surface area contributed by atoms with Crippen molar-refractivity contribution in [3.8, 4) is 5.75 Å². The highest BCUT2D eigenvalue weighted by molar-refractivity contribution is 6.04. The van der Waals surface area contributed by atoms with Crippen LogP contribution in [-0.2, 0) is 9.53 Å². The Kier molecular flexibility index (Phi) is 7.19. The topological polar surface area (TPSA) is 106 Å². The number of methoxy groups -OCH3 is 1. The molecule has 0 aliphatic carbocycles. The zero-order chi connectivity index (χ0) is 21.4. The van der Waals surface area contributed by atoms with Crippen molar-refractivity contribution in [3.63, 3.8) is 0 Å². The van der Waals surface area contributed by atoms with Crippen LogP contribution in [0.5, 0.6) is 5.75 Å². The molecule has 3 amide bonds. The van der Waals surface area contributed by atoms with E-state index in [-0.39, 0.29) is 12.5 Å². The highest BCUT2D eigenvalue weighted by Crippen LogP contribution is 2.16. The average Bonchev–Trinajstić information content (AvgIpc) is 2.66. The van der Waals surface area contributed by atoms with Gasteiger partial charge in [0.05, 0.1) is 7.11 Å². The van der Waals surface area contributed by atoms with E-state index in [4.69, 9.17) is 9.47 Å². The van der Waals surface area contributed by atoms with E-state index in [2.05, 4.69) is 16.0 Å². The summed E-state index contributed by atoms with van der Waals surface area (Å²) in [6.07, 6.45) is -0.663. The van der Waals surface area contributed by atoms with Gasteiger partial charge in [-0.3, -0.25) is 9.59 Å². The van der Waals surface area contributed by atoms with Crippen LogP contribution in [0.15, 0.2) is 48.5 Å². The molecule has 29 heavy (non-hydrogen) atoms. The fourth-order valence-corrected chi connectivity index (χ4v) is 2.25. The van der Waals surface area contributed by atoms with Crippen molar-refractivity contribution in [3.05, 3.63) is 54.1 Å². The first-order valence-corrected chi connectivity index (χ1v) is 8.98. The van der Waals surface area contributed by atoms with E-state index >= 15 is 0 Å². The normalized spacial score (nSPS) is 10.6. The van der Waals surface area contributed by atoms with Gasteiger partial charge in [-0.25, -0.2) is 4.79 Å². The van der Waals surface area contributed by atoms with Crippen LogP contribution in [-0.4, -0.2) is 37.2 Å². The maximum atomic E-state index is 12.3. The number of alkyl carbamates (subject to hydrolysis) is 1. The van der Waals surface area contributed by atoms with E-state index in [9.17, 15) is 14.4 Å². The molecule has 0 aliphatic heterocycles. The molecule has 0 saturated heterocycles. The summed E-state index contributed by atoms with van der Waals surface area (Å²) >= 11 is 0. The molecule has 0 aromatic heterocycles. The van der Waals surface area contributed by atoms with Gasteiger partial charge >= 0.3 is 6.09 Å². The van der Waals surface area contributed by atoms with E-state index in [1.165, 1.54) is 0 Å². The molecule has 0 fully saturated rings. The van der Waals surface area contributed by atoms with Gasteiger partial charge in [-0.1, -0.05) is 0 Å². The summed E-state index contributed by atoms with van der Waals surface area (Å²) in [5.74, 6) is 0.0136. The van der Waals surface area contributed by atoms with Gasteiger partial charge in [0.1, 0.15) is 17.9 Å². The quantitative estimate of drug-likeness (QED) is 0.690. The standard InChI is InChI=1S/C21H25N3O5/c1-21(2,3)29-20(27)22-13-18(25)23-15-7-9-16(10-8-15)24-19(26)14-5-11-17(28-4)12-6-14/h5-12H,13H2,1-4H3,(H,22,27)(H,23,25)(H,24,26). The molecular formula is C21H25N3O5. The van der Waals surface area contributed by atoms with Crippen LogP contribution in [0, 0.1) is 0 Å². The minimum atomic E-state index is -0.663. The Labute approximate surface area is 169 Å². The lowest BCUT2D eigenvalue weighted by molar-refractivity contribution is -0.115. The van der Waals surface area contributed by atoms with E-state index in [1.54, 1.807) is 76.4 Å². The van der Waals surface area contributed by atoms with Gasteiger partial charge in [0.2, 0.25) is 5.91 Å². The molecule has 2 aromatic rings. The van der Waals surface area contributed by atoms with Crippen LogP contribution >= 0.6 is 0 Å². The monoisotopic (exact) mass is 399 g/mol. The molecule has 0 spiro atoms. The van der Waals surface area contributed by atoms with Gasteiger partial charge in [0.25, 0.3) is 5.91 Å². The zero-order valence-corrected chi connectivity index (χ0v) is 16.9. The van der Waals surface area contributed by atoms with Gasteiger partial charge in [0.15, 0.2) is 0 Å². The van der Waals surface area contributed by atoms with Gasteiger partial charge < -0.3 is 25.4 Å². The lowest BCUT2D eigenvalue weighted by Crippen LogP contribution is -2.37. The van der Waals surface area contributed by atoms with E-state index in [0.29, 0.717) is 22.7 Å². The van der Waals surface area contributed by atoms with Crippen molar-refractivity contribution in [1.82, 2.24) is 5.32 Å². The van der Waals surface area contributed by atoms with Crippen molar-refractivity contribution in [2.24, 2.45) is 0 Å². The second kappa shape index (κ2) is 9.59. The Hall–Kier alpha value is -3.55. The smallest absolute Gasteiger partial charge is 0.408 e. The summed E-state index contributed by atoms with van der Waals surface area (Å²) in [5.41, 5.74) is 0.975. The number of hydrogen-bond acceptors (Lipinski definition) is 5. The van der Waals surface area contributed by atoms with Crippen molar-refractivity contribution >= 4 is 29.3 Å². The number of anilines is 2. The molecule has 0 unspecified atom stereocenters. The molecule has 8 nitrogen and oxygen atoms in total. The minimum Gasteiger partial charge on any atom is -0.497 e. The molecule has 2 rings (SSSR count). The molecule has 0 heterocycles. The molecule has 3 N–H and O–H groups in total. The van der Waals surface area contributed by atoms with Crippen LogP contribution in [0.4, 0.5) is 16.2 Å². The molecule has 154 valence electrons. The fraction of sp³-hybridized carbons (Fsp3) is 0.286. The zero-order valence-electron chi connectivity index (χ0n) is 16.9. The number of carbonyl (C=O) groups is 3. The largest absolute Gasteiger partial charge is 0.497 e. The SMILES string of the molecule is COc1ccc(C(=O)Nc2ccc(NC(=O)CNC(=O)OC(C)(C)C)cc2)cc1. The number of hydrogen-bond donors (Lipinski definition) is 3. The molecular weight excluding hydrogens is 374 g/mol. The summed E-state index contributed by atoms with van der Waals surface area (Å²) in [6, 6.07) is 13.4. The molecule has 2 aromatic carbocycles. The molecule has 0 bridgehead atoms. The maximum absolute atomic E-state index is 12.3. The summed E-state index contributed by atoms with van der Waals surface area (Å²) in [6.45, 7) is 5.00. The summed E-state index contributed by atoms with van der Waals surface area (Å²) < 4.78 is 10.1. The minimum absolute atomic E-state index is 0.217. The van der Waals surface area contributed by atoms with Crippen LogP contribution in [0.1, 0.15) is 31.1 Å². The fourth-order valence-electron chi connectivity index (χ4n) is 2.25.